The number of hydrogen-bond donors (Lipinski definition) is 3. The molecule has 0 aliphatic heterocycles. The number of hydrogen-bond acceptors (Lipinski definition) is 8. The first-order valence-electron chi connectivity index (χ1n) is 5.86. The fraction of sp³-hybridized carbons (Fsp3) is 0.700. The average Bonchev–Trinajstić information content (AvgIpc) is 2.26. The Morgan fingerprint density at radius 3 is 2.42 bits per heavy atom. The molecular formula is C10H20N6O2S. The summed E-state index contributed by atoms with van der Waals surface area (Å²) in [5.41, 5.74) is 2.35. The summed E-state index contributed by atoms with van der Waals surface area (Å²) in [4.78, 5) is 12.2. The first-order chi connectivity index (χ1) is 8.90. The predicted octanol–water partition coefficient (Wildman–Crippen LogP) is 0.123. The number of rotatable bonds is 7. The third-order valence-corrected chi connectivity index (χ3v) is 2.91. The van der Waals surface area contributed by atoms with E-state index in [1.807, 2.05) is 20.8 Å². The second-order valence-corrected chi connectivity index (χ2v) is 5.84. The molecule has 1 aromatic rings. The quantitative estimate of drug-likeness (QED) is 0.479. The molecule has 2 unspecified atom stereocenters. The molecule has 0 bridgehead atoms. The number of nitrogens with one attached hydrogen (secondary N) is 2. The van der Waals surface area contributed by atoms with Crippen molar-refractivity contribution in [2.45, 2.75) is 32.9 Å². The predicted molar refractivity (Wildman–Crippen MR) is 75.4 cm³/mol. The molecule has 0 spiro atoms. The molecule has 9 heteroatoms. The molecule has 0 aliphatic carbocycles. The molecule has 1 heterocycles. The minimum atomic E-state index is -0.896. The van der Waals surface area contributed by atoms with E-state index >= 15 is 0 Å². The second kappa shape index (κ2) is 7.19. The molecule has 0 amide bonds. The lowest BCUT2D eigenvalue weighted by Crippen LogP contribution is -2.24. The standard InChI is InChI=1S/C10H20N6O2S/c1-6(2)18-10-14-8(13-9(15-10)16-11)12-7(3)5-19(4)17/h6-7H,5,11H2,1-4H3,(H2,12,13,14,15,16). The van der Waals surface area contributed by atoms with E-state index in [-0.39, 0.29) is 24.1 Å². The Morgan fingerprint density at radius 1 is 1.26 bits per heavy atom. The van der Waals surface area contributed by atoms with Crippen molar-refractivity contribution in [3.8, 4) is 6.01 Å². The van der Waals surface area contributed by atoms with E-state index < -0.39 is 10.8 Å². The zero-order chi connectivity index (χ0) is 14.4. The highest BCUT2D eigenvalue weighted by molar-refractivity contribution is 7.84. The molecule has 0 fully saturated rings. The molecular weight excluding hydrogens is 268 g/mol. The summed E-state index contributed by atoms with van der Waals surface area (Å²) >= 11 is 0. The largest absolute Gasteiger partial charge is 0.461 e. The van der Waals surface area contributed by atoms with Gasteiger partial charge >= 0.3 is 6.01 Å². The Bertz CT molecular complexity index is 442. The molecule has 0 aromatic carbocycles. The maximum atomic E-state index is 11.1. The van der Waals surface area contributed by atoms with Crippen molar-refractivity contribution in [3.63, 3.8) is 0 Å². The van der Waals surface area contributed by atoms with E-state index in [1.54, 1.807) is 6.26 Å². The van der Waals surface area contributed by atoms with E-state index in [9.17, 15) is 4.21 Å². The number of nitrogens with zero attached hydrogens (tertiary/aromatic N) is 3. The smallest absolute Gasteiger partial charge is 0.323 e. The maximum Gasteiger partial charge on any atom is 0.323 e. The lowest BCUT2D eigenvalue weighted by Gasteiger charge is -2.14. The SMILES string of the molecule is CC(CS(C)=O)Nc1nc(NN)nc(OC(C)C)n1. The first-order valence-corrected chi connectivity index (χ1v) is 7.59. The van der Waals surface area contributed by atoms with Crippen molar-refractivity contribution >= 4 is 22.7 Å². The number of ether oxygens (including phenoxy) is 1. The van der Waals surface area contributed by atoms with Gasteiger partial charge in [0, 0.05) is 28.9 Å². The molecule has 1 aromatic heterocycles. The van der Waals surface area contributed by atoms with E-state index in [0.29, 0.717) is 11.7 Å². The molecule has 0 saturated heterocycles. The Labute approximate surface area is 115 Å². The van der Waals surface area contributed by atoms with Crippen molar-refractivity contribution < 1.29 is 8.95 Å². The molecule has 1 rings (SSSR count). The van der Waals surface area contributed by atoms with Gasteiger partial charge in [0.2, 0.25) is 11.9 Å². The number of anilines is 2. The number of nitrogen functional groups attached to an aromatic ring is 1. The van der Waals surface area contributed by atoms with Crippen LogP contribution < -0.4 is 21.3 Å². The van der Waals surface area contributed by atoms with Gasteiger partial charge in [-0.2, -0.15) is 15.0 Å². The van der Waals surface area contributed by atoms with E-state index in [4.69, 9.17) is 10.6 Å². The van der Waals surface area contributed by atoms with Crippen LogP contribution >= 0.6 is 0 Å². The number of nitrogens with two attached hydrogens (primary N) is 1. The van der Waals surface area contributed by atoms with Crippen molar-refractivity contribution in [1.82, 2.24) is 15.0 Å². The molecule has 0 aliphatic rings. The van der Waals surface area contributed by atoms with Crippen LogP contribution in [0.4, 0.5) is 11.9 Å². The van der Waals surface area contributed by atoms with Crippen molar-refractivity contribution in [1.29, 1.82) is 0 Å². The lowest BCUT2D eigenvalue weighted by atomic mass is 10.4. The van der Waals surface area contributed by atoms with E-state index in [1.165, 1.54) is 0 Å². The van der Waals surface area contributed by atoms with Gasteiger partial charge in [0.15, 0.2) is 0 Å². The van der Waals surface area contributed by atoms with Gasteiger partial charge in [-0.15, -0.1) is 0 Å². The Kier molecular flexibility index (Phi) is 5.90. The molecule has 19 heavy (non-hydrogen) atoms. The summed E-state index contributed by atoms with van der Waals surface area (Å²) < 4.78 is 16.5. The molecule has 0 radical (unpaired) electrons. The van der Waals surface area contributed by atoms with Crippen LogP contribution in [0.2, 0.25) is 0 Å². The van der Waals surface area contributed by atoms with E-state index in [0.717, 1.165) is 0 Å². The fourth-order valence-electron chi connectivity index (χ4n) is 1.36. The molecule has 0 saturated carbocycles. The first kappa shape index (κ1) is 15.6. The average molecular weight is 288 g/mol. The summed E-state index contributed by atoms with van der Waals surface area (Å²) in [7, 11) is -0.896. The van der Waals surface area contributed by atoms with Crippen molar-refractivity contribution in [3.05, 3.63) is 0 Å². The van der Waals surface area contributed by atoms with Crippen molar-refractivity contribution in [2.24, 2.45) is 5.84 Å². The number of aromatic nitrogens is 3. The summed E-state index contributed by atoms with van der Waals surface area (Å²) in [5.74, 6) is 6.33. The third kappa shape index (κ3) is 5.79. The zero-order valence-corrected chi connectivity index (χ0v) is 12.3. The molecule has 2 atom stereocenters. The van der Waals surface area contributed by atoms with Crippen LogP contribution in [-0.4, -0.2) is 43.3 Å². The maximum absolute atomic E-state index is 11.1. The Balaban J connectivity index is 2.84. The van der Waals surface area contributed by atoms with Crippen LogP contribution in [0.3, 0.4) is 0 Å². The van der Waals surface area contributed by atoms with E-state index in [2.05, 4.69) is 25.7 Å². The fourth-order valence-corrected chi connectivity index (χ4v) is 2.15. The summed E-state index contributed by atoms with van der Waals surface area (Å²) in [6.45, 7) is 5.63. The van der Waals surface area contributed by atoms with Gasteiger partial charge in [0.1, 0.15) is 0 Å². The minimum Gasteiger partial charge on any atom is -0.461 e. The highest BCUT2D eigenvalue weighted by atomic mass is 32.2. The van der Waals surface area contributed by atoms with Gasteiger partial charge in [-0.3, -0.25) is 9.63 Å². The van der Waals surface area contributed by atoms with Gasteiger partial charge in [0.05, 0.1) is 6.10 Å². The van der Waals surface area contributed by atoms with Gasteiger partial charge in [-0.25, -0.2) is 5.84 Å². The normalized spacial score (nSPS) is 14.0. The summed E-state index contributed by atoms with van der Waals surface area (Å²) in [6, 6.07) is 0.149. The summed E-state index contributed by atoms with van der Waals surface area (Å²) in [5, 5.41) is 3.03. The topological polar surface area (TPSA) is 115 Å². The second-order valence-electron chi connectivity index (χ2n) is 4.36. The monoisotopic (exact) mass is 288 g/mol. The lowest BCUT2D eigenvalue weighted by molar-refractivity contribution is 0.222. The van der Waals surface area contributed by atoms with Crippen molar-refractivity contribution in [2.75, 3.05) is 22.8 Å². The van der Waals surface area contributed by atoms with Gasteiger partial charge < -0.3 is 10.1 Å². The van der Waals surface area contributed by atoms with Crippen LogP contribution in [0.25, 0.3) is 0 Å². The molecule has 8 nitrogen and oxygen atoms in total. The molecule has 108 valence electrons. The van der Waals surface area contributed by atoms with Crippen LogP contribution in [0.15, 0.2) is 0 Å². The summed E-state index contributed by atoms with van der Waals surface area (Å²) in [6.07, 6.45) is 1.59. The van der Waals surface area contributed by atoms with Crippen LogP contribution in [-0.2, 0) is 10.8 Å². The molecule has 4 N–H and O–H groups in total. The minimum absolute atomic E-state index is 0.0363. The van der Waals surface area contributed by atoms with Crippen LogP contribution in [0.1, 0.15) is 20.8 Å². The van der Waals surface area contributed by atoms with Gasteiger partial charge in [0.25, 0.3) is 0 Å². The zero-order valence-electron chi connectivity index (χ0n) is 11.5. The van der Waals surface area contributed by atoms with Gasteiger partial charge in [-0.05, 0) is 20.8 Å². The highest BCUT2D eigenvalue weighted by Gasteiger charge is 2.11. The van der Waals surface area contributed by atoms with Gasteiger partial charge in [-0.1, -0.05) is 0 Å². The Hall–Kier alpha value is -1.48. The third-order valence-electron chi connectivity index (χ3n) is 1.95. The van der Waals surface area contributed by atoms with Crippen LogP contribution in [0, 0.1) is 0 Å². The van der Waals surface area contributed by atoms with Crippen LogP contribution in [0.5, 0.6) is 6.01 Å². The highest BCUT2D eigenvalue weighted by Crippen LogP contribution is 2.12. The number of hydrazine groups is 1. The Morgan fingerprint density at radius 2 is 1.89 bits per heavy atom.